The molecule has 0 spiro atoms. The third-order valence-electron chi connectivity index (χ3n) is 4.62. The second-order valence-corrected chi connectivity index (χ2v) is 7.90. The maximum absolute atomic E-state index is 6.07. The van der Waals surface area contributed by atoms with Gasteiger partial charge in [0, 0.05) is 46.2 Å². The van der Waals surface area contributed by atoms with Gasteiger partial charge in [0.25, 0.3) is 0 Å². The second kappa shape index (κ2) is 10.1. The highest BCUT2D eigenvalue weighted by molar-refractivity contribution is 7.98. The van der Waals surface area contributed by atoms with Crippen molar-refractivity contribution in [1.29, 1.82) is 0 Å². The molecule has 0 unspecified atom stereocenters. The van der Waals surface area contributed by atoms with Crippen LogP contribution in [0.3, 0.4) is 0 Å². The van der Waals surface area contributed by atoms with Crippen LogP contribution in [0.1, 0.15) is 17.7 Å². The van der Waals surface area contributed by atoms with E-state index in [0.29, 0.717) is 6.61 Å². The van der Waals surface area contributed by atoms with Crippen LogP contribution >= 0.6 is 11.8 Å². The fourth-order valence-corrected chi connectivity index (χ4v) is 4.01. The molecule has 0 saturated carbocycles. The summed E-state index contributed by atoms with van der Waals surface area (Å²) < 4.78 is 6.07. The Morgan fingerprint density at radius 3 is 2.79 bits per heavy atom. The van der Waals surface area contributed by atoms with E-state index in [9.17, 15) is 0 Å². The predicted molar refractivity (Wildman–Crippen MR) is 120 cm³/mol. The fraction of sp³-hybridized carbons (Fsp3) is 0.208. The first-order valence-corrected chi connectivity index (χ1v) is 10.9. The molecule has 0 aliphatic carbocycles. The lowest BCUT2D eigenvalue weighted by atomic mass is 10.2. The first-order chi connectivity index (χ1) is 14.4. The number of hydrogen-bond donors (Lipinski definition) is 2. The number of aromatic nitrogens is 2. The Bertz CT molecular complexity index is 1020. The lowest BCUT2D eigenvalue weighted by Crippen LogP contribution is -2.17. The Hall–Kier alpha value is -2.76. The number of thioether (sulfide) groups is 1. The topological polar surface area (TPSA) is 49.9 Å². The van der Waals surface area contributed by atoms with Crippen molar-refractivity contribution in [3.8, 4) is 5.75 Å². The first-order valence-electron chi connectivity index (χ1n) is 9.89. The molecule has 0 fully saturated rings. The first kappa shape index (κ1) is 19.6. The van der Waals surface area contributed by atoms with Gasteiger partial charge in [0.2, 0.25) is 0 Å². The lowest BCUT2D eigenvalue weighted by molar-refractivity contribution is 0.311. The zero-order valence-electron chi connectivity index (χ0n) is 16.3. The molecule has 0 aliphatic heterocycles. The minimum atomic E-state index is 0.693. The number of H-pyrrole nitrogens is 1. The van der Waals surface area contributed by atoms with Gasteiger partial charge in [-0.15, -0.1) is 11.8 Å². The van der Waals surface area contributed by atoms with Crippen LogP contribution in [-0.4, -0.2) is 23.1 Å². The lowest BCUT2D eigenvalue weighted by Gasteiger charge is -2.08. The van der Waals surface area contributed by atoms with Gasteiger partial charge in [-0.2, -0.15) is 0 Å². The summed E-state index contributed by atoms with van der Waals surface area (Å²) in [6.07, 6.45) is 4.65. The molecule has 5 heteroatoms. The molecule has 2 N–H and O–H groups in total. The highest BCUT2D eigenvalue weighted by Crippen LogP contribution is 2.29. The number of ether oxygens (including phenoxy) is 1. The average Bonchev–Trinajstić information content (AvgIpc) is 3.20. The molecule has 4 aromatic rings. The SMILES string of the molecule is c1ccc(SCc2cc3c(OCCCNCc4cccnc4)cccc3[nH]2)cc1. The second-order valence-electron chi connectivity index (χ2n) is 6.85. The molecule has 148 valence electrons. The Balaban J connectivity index is 1.27. The smallest absolute Gasteiger partial charge is 0.128 e. The summed E-state index contributed by atoms with van der Waals surface area (Å²) in [7, 11) is 0. The highest BCUT2D eigenvalue weighted by atomic mass is 32.2. The van der Waals surface area contributed by atoms with E-state index in [2.05, 4.69) is 57.7 Å². The molecule has 2 aromatic heterocycles. The van der Waals surface area contributed by atoms with Gasteiger partial charge in [-0.3, -0.25) is 4.98 Å². The van der Waals surface area contributed by atoms with Crippen molar-refractivity contribution in [3.05, 3.63) is 90.4 Å². The van der Waals surface area contributed by atoms with Gasteiger partial charge in [-0.1, -0.05) is 30.3 Å². The van der Waals surface area contributed by atoms with Gasteiger partial charge in [-0.25, -0.2) is 0 Å². The molecule has 0 radical (unpaired) electrons. The molecule has 2 heterocycles. The van der Waals surface area contributed by atoms with Crippen molar-refractivity contribution >= 4 is 22.7 Å². The summed E-state index contributed by atoms with van der Waals surface area (Å²) in [5, 5.41) is 4.58. The van der Waals surface area contributed by atoms with E-state index in [1.807, 2.05) is 42.2 Å². The molecule has 29 heavy (non-hydrogen) atoms. The molecule has 0 atom stereocenters. The number of fused-ring (bicyclic) bond motifs is 1. The van der Waals surface area contributed by atoms with Gasteiger partial charge in [-0.05, 0) is 54.9 Å². The zero-order valence-corrected chi connectivity index (χ0v) is 17.1. The number of pyridine rings is 1. The quantitative estimate of drug-likeness (QED) is 0.274. The summed E-state index contributed by atoms with van der Waals surface area (Å²) in [6.45, 7) is 2.44. The van der Waals surface area contributed by atoms with Crippen molar-refractivity contribution in [3.63, 3.8) is 0 Å². The normalized spacial score (nSPS) is 11.0. The summed E-state index contributed by atoms with van der Waals surface area (Å²) in [5.41, 5.74) is 3.54. The van der Waals surface area contributed by atoms with Crippen LogP contribution in [0, 0.1) is 0 Å². The Morgan fingerprint density at radius 1 is 1.00 bits per heavy atom. The molecule has 0 bridgehead atoms. The van der Waals surface area contributed by atoms with Gasteiger partial charge in [0.05, 0.1) is 6.61 Å². The Kier molecular flexibility index (Phi) is 6.84. The number of hydrogen-bond acceptors (Lipinski definition) is 4. The van der Waals surface area contributed by atoms with Gasteiger partial charge < -0.3 is 15.0 Å². The molecule has 0 amide bonds. The number of aromatic amines is 1. The monoisotopic (exact) mass is 403 g/mol. The van der Waals surface area contributed by atoms with E-state index in [0.717, 1.165) is 41.9 Å². The van der Waals surface area contributed by atoms with Crippen molar-refractivity contribution in [1.82, 2.24) is 15.3 Å². The number of nitrogens with one attached hydrogen (secondary N) is 2. The van der Waals surface area contributed by atoms with E-state index >= 15 is 0 Å². The van der Waals surface area contributed by atoms with E-state index < -0.39 is 0 Å². The summed E-state index contributed by atoms with van der Waals surface area (Å²) in [5.74, 6) is 1.86. The Labute approximate surface area is 175 Å². The van der Waals surface area contributed by atoms with Crippen LogP contribution in [0.4, 0.5) is 0 Å². The maximum Gasteiger partial charge on any atom is 0.128 e. The van der Waals surface area contributed by atoms with Crippen molar-refractivity contribution in [2.45, 2.75) is 23.6 Å². The van der Waals surface area contributed by atoms with Crippen LogP contribution < -0.4 is 10.1 Å². The van der Waals surface area contributed by atoms with Gasteiger partial charge in [0.1, 0.15) is 5.75 Å². The minimum absolute atomic E-state index is 0.693. The number of rotatable bonds is 10. The largest absolute Gasteiger partial charge is 0.493 e. The fourth-order valence-electron chi connectivity index (χ4n) is 3.18. The number of benzene rings is 2. The van der Waals surface area contributed by atoms with E-state index in [4.69, 9.17) is 4.74 Å². The van der Waals surface area contributed by atoms with Crippen LogP contribution in [0.5, 0.6) is 5.75 Å². The summed E-state index contributed by atoms with van der Waals surface area (Å²) in [4.78, 5) is 8.93. The number of nitrogens with zero attached hydrogens (tertiary/aromatic N) is 1. The molecule has 4 nitrogen and oxygen atoms in total. The summed E-state index contributed by atoms with van der Waals surface area (Å²) in [6, 6.07) is 22.9. The van der Waals surface area contributed by atoms with Crippen molar-refractivity contribution in [2.24, 2.45) is 0 Å². The molecule has 2 aromatic carbocycles. The standard InChI is InChI=1S/C24H25N3OS/c1-2-8-21(9-3-1)29-18-20-15-22-23(27-20)10-4-11-24(22)28-14-6-13-26-17-19-7-5-12-25-16-19/h1-5,7-12,15-16,26-27H,6,13-14,17-18H2. The zero-order chi connectivity index (χ0) is 19.7. The third kappa shape index (κ3) is 5.62. The molecule has 4 rings (SSSR count). The van der Waals surface area contributed by atoms with Crippen molar-refractivity contribution < 1.29 is 4.74 Å². The van der Waals surface area contributed by atoms with Gasteiger partial charge >= 0.3 is 0 Å². The van der Waals surface area contributed by atoms with E-state index in [1.54, 1.807) is 6.20 Å². The summed E-state index contributed by atoms with van der Waals surface area (Å²) >= 11 is 1.83. The minimum Gasteiger partial charge on any atom is -0.493 e. The maximum atomic E-state index is 6.07. The molecular formula is C24H25N3OS. The van der Waals surface area contributed by atoms with Crippen LogP contribution in [0.15, 0.2) is 84.0 Å². The Morgan fingerprint density at radius 2 is 1.93 bits per heavy atom. The van der Waals surface area contributed by atoms with E-state index in [1.165, 1.54) is 16.2 Å². The molecule has 0 aliphatic rings. The molecular weight excluding hydrogens is 378 g/mol. The average molecular weight is 404 g/mol. The third-order valence-corrected chi connectivity index (χ3v) is 5.69. The van der Waals surface area contributed by atoms with Crippen molar-refractivity contribution in [2.75, 3.05) is 13.2 Å². The molecule has 0 saturated heterocycles. The predicted octanol–water partition coefficient (Wildman–Crippen LogP) is 5.41. The van der Waals surface area contributed by atoms with Crippen LogP contribution in [0.25, 0.3) is 10.9 Å². The van der Waals surface area contributed by atoms with Crippen LogP contribution in [0.2, 0.25) is 0 Å². The highest BCUT2D eigenvalue weighted by Gasteiger charge is 2.07. The van der Waals surface area contributed by atoms with Gasteiger partial charge in [0.15, 0.2) is 0 Å². The van der Waals surface area contributed by atoms with E-state index in [-0.39, 0.29) is 0 Å². The van der Waals surface area contributed by atoms with Crippen LogP contribution in [-0.2, 0) is 12.3 Å².